The molecule has 1 heterocycles. The molecule has 0 atom stereocenters. The van der Waals surface area contributed by atoms with Crippen molar-refractivity contribution in [3.05, 3.63) is 24.5 Å². The third-order valence-electron chi connectivity index (χ3n) is 1.95. The van der Waals surface area contributed by atoms with Crippen LogP contribution in [0.1, 0.15) is 0 Å². The summed E-state index contributed by atoms with van der Waals surface area (Å²) in [5.41, 5.74) is 0.753. The molecular formula is C10H10O3. The molecule has 0 fully saturated rings. The summed E-state index contributed by atoms with van der Waals surface area (Å²) in [6.45, 7) is 0. The van der Waals surface area contributed by atoms with Crippen LogP contribution < -0.4 is 9.47 Å². The Labute approximate surface area is 75.9 Å². The number of methoxy groups -OCH3 is 2. The zero-order valence-electron chi connectivity index (χ0n) is 7.53. The van der Waals surface area contributed by atoms with Crippen LogP contribution in [0, 0.1) is 0 Å². The molecule has 2 aromatic rings. The van der Waals surface area contributed by atoms with Crippen LogP contribution in [0.4, 0.5) is 0 Å². The molecule has 68 valence electrons. The van der Waals surface area contributed by atoms with E-state index in [2.05, 4.69) is 0 Å². The first kappa shape index (κ1) is 7.98. The van der Waals surface area contributed by atoms with E-state index in [0.29, 0.717) is 5.75 Å². The highest BCUT2D eigenvalue weighted by Crippen LogP contribution is 2.31. The second kappa shape index (κ2) is 3.01. The van der Waals surface area contributed by atoms with Gasteiger partial charge in [0.05, 0.1) is 20.5 Å². The van der Waals surface area contributed by atoms with Gasteiger partial charge in [-0.2, -0.15) is 0 Å². The van der Waals surface area contributed by atoms with E-state index in [4.69, 9.17) is 13.9 Å². The van der Waals surface area contributed by atoms with Crippen molar-refractivity contribution >= 4 is 11.0 Å². The first-order chi connectivity index (χ1) is 6.35. The largest absolute Gasteiger partial charge is 0.497 e. The summed E-state index contributed by atoms with van der Waals surface area (Å²) in [5, 5.41) is 0.983. The van der Waals surface area contributed by atoms with Crippen molar-refractivity contribution in [2.45, 2.75) is 0 Å². The summed E-state index contributed by atoms with van der Waals surface area (Å²) in [5.74, 6) is 1.46. The van der Waals surface area contributed by atoms with Crippen LogP contribution in [-0.2, 0) is 0 Å². The fourth-order valence-corrected chi connectivity index (χ4v) is 1.29. The second-order valence-electron chi connectivity index (χ2n) is 2.67. The van der Waals surface area contributed by atoms with E-state index in [1.807, 2.05) is 12.1 Å². The van der Waals surface area contributed by atoms with Gasteiger partial charge >= 0.3 is 0 Å². The average Bonchev–Trinajstić information content (AvgIpc) is 2.63. The molecule has 0 bridgehead atoms. The lowest BCUT2D eigenvalue weighted by Gasteiger charge is -2.03. The maximum Gasteiger partial charge on any atom is 0.175 e. The normalized spacial score (nSPS) is 10.3. The molecule has 0 spiro atoms. The molecule has 0 aliphatic carbocycles. The van der Waals surface area contributed by atoms with Gasteiger partial charge in [0.15, 0.2) is 11.3 Å². The number of ether oxygens (including phenoxy) is 2. The average molecular weight is 178 g/mol. The summed E-state index contributed by atoms with van der Waals surface area (Å²) >= 11 is 0. The van der Waals surface area contributed by atoms with Crippen molar-refractivity contribution < 1.29 is 13.9 Å². The van der Waals surface area contributed by atoms with E-state index >= 15 is 0 Å². The molecule has 2 rings (SSSR count). The lowest BCUT2D eigenvalue weighted by Crippen LogP contribution is -1.86. The van der Waals surface area contributed by atoms with Gasteiger partial charge in [0, 0.05) is 11.5 Å². The molecule has 13 heavy (non-hydrogen) atoms. The smallest absolute Gasteiger partial charge is 0.175 e. The van der Waals surface area contributed by atoms with E-state index in [9.17, 15) is 0 Å². The maximum absolute atomic E-state index is 5.26. The van der Waals surface area contributed by atoms with Gasteiger partial charge in [0.2, 0.25) is 0 Å². The predicted molar refractivity (Wildman–Crippen MR) is 49.3 cm³/mol. The van der Waals surface area contributed by atoms with E-state index in [0.717, 1.165) is 16.7 Å². The van der Waals surface area contributed by atoms with Crippen molar-refractivity contribution in [1.82, 2.24) is 0 Å². The van der Waals surface area contributed by atoms with Gasteiger partial charge in [-0.1, -0.05) is 0 Å². The highest BCUT2D eigenvalue weighted by Gasteiger charge is 2.06. The Morgan fingerprint density at radius 1 is 1.15 bits per heavy atom. The molecular weight excluding hydrogens is 168 g/mol. The number of furan rings is 1. The molecule has 0 unspecified atom stereocenters. The van der Waals surface area contributed by atoms with Crippen molar-refractivity contribution in [1.29, 1.82) is 0 Å². The van der Waals surface area contributed by atoms with Crippen LogP contribution in [0.2, 0.25) is 0 Å². The molecule has 0 aliphatic heterocycles. The molecule has 0 saturated heterocycles. The standard InChI is InChI=1S/C10H10O3/c1-11-8-5-7-3-4-13-10(7)9(6-8)12-2/h3-6H,1-2H3. The van der Waals surface area contributed by atoms with Gasteiger partial charge in [0.25, 0.3) is 0 Å². The quantitative estimate of drug-likeness (QED) is 0.707. The van der Waals surface area contributed by atoms with E-state index in [1.165, 1.54) is 0 Å². The second-order valence-corrected chi connectivity index (χ2v) is 2.67. The Hall–Kier alpha value is -1.64. The SMILES string of the molecule is COc1cc(OC)c2occc2c1. The summed E-state index contributed by atoms with van der Waals surface area (Å²) in [4.78, 5) is 0. The Morgan fingerprint density at radius 2 is 2.00 bits per heavy atom. The Balaban J connectivity index is 2.70. The fourth-order valence-electron chi connectivity index (χ4n) is 1.29. The van der Waals surface area contributed by atoms with Crippen molar-refractivity contribution in [3.63, 3.8) is 0 Å². The minimum absolute atomic E-state index is 0.694. The molecule has 0 aliphatic rings. The maximum atomic E-state index is 5.26. The number of hydrogen-bond donors (Lipinski definition) is 0. The van der Waals surface area contributed by atoms with Gasteiger partial charge in [-0.3, -0.25) is 0 Å². The van der Waals surface area contributed by atoms with Crippen LogP contribution in [0.25, 0.3) is 11.0 Å². The number of fused-ring (bicyclic) bond motifs is 1. The Morgan fingerprint density at radius 3 is 2.69 bits per heavy atom. The van der Waals surface area contributed by atoms with Gasteiger partial charge in [0.1, 0.15) is 5.75 Å². The zero-order chi connectivity index (χ0) is 9.26. The summed E-state index contributed by atoms with van der Waals surface area (Å²) in [7, 11) is 3.23. The summed E-state index contributed by atoms with van der Waals surface area (Å²) in [6.07, 6.45) is 1.63. The van der Waals surface area contributed by atoms with Crippen molar-refractivity contribution in [3.8, 4) is 11.5 Å². The molecule has 0 amide bonds. The minimum atomic E-state index is 0.694. The highest BCUT2D eigenvalue weighted by atomic mass is 16.5. The van der Waals surface area contributed by atoms with Gasteiger partial charge in [-0.05, 0) is 12.1 Å². The van der Waals surface area contributed by atoms with Crippen molar-refractivity contribution in [2.75, 3.05) is 14.2 Å². The van der Waals surface area contributed by atoms with Gasteiger partial charge in [-0.15, -0.1) is 0 Å². The lowest BCUT2D eigenvalue weighted by atomic mass is 10.2. The monoisotopic (exact) mass is 178 g/mol. The fraction of sp³-hybridized carbons (Fsp3) is 0.200. The Kier molecular flexibility index (Phi) is 1.85. The van der Waals surface area contributed by atoms with Gasteiger partial charge < -0.3 is 13.9 Å². The predicted octanol–water partition coefficient (Wildman–Crippen LogP) is 2.45. The third-order valence-corrected chi connectivity index (χ3v) is 1.95. The summed E-state index contributed by atoms with van der Waals surface area (Å²) in [6, 6.07) is 5.58. The first-order valence-corrected chi connectivity index (χ1v) is 3.94. The molecule has 0 radical (unpaired) electrons. The molecule has 3 heteroatoms. The zero-order valence-corrected chi connectivity index (χ0v) is 7.53. The Bertz CT molecular complexity index is 417. The van der Waals surface area contributed by atoms with E-state index in [-0.39, 0.29) is 0 Å². The molecule has 0 N–H and O–H groups in total. The van der Waals surface area contributed by atoms with E-state index < -0.39 is 0 Å². The first-order valence-electron chi connectivity index (χ1n) is 3.94. The number of rotatable bonds is 2. The molecule has 1 aromatic carbocycles. The molecule has 1 aromatic heterocycles. The highest BCUT2D eigenvalue weighted by molar-refractivity contribution is 5.84. The van der Waals surface area contributed by atoms with Crippen LogP contribution in [0.15, 0.2) is 28.9 Å². The number of hydrogen-bond acceptors (Lipinski definition) is 3. The van der Waals surface area contributed by atoms with Crippen molar-refractivity contribution in [2.24, 2.45) is 0 Å². The minimum Gasteiger partial charge on any atom is -0.497 e. The van der Waals surface area contributed by atoms with Crippen LogP contribution >= 0.6 is 0 Å². The van der Waals surface area contributed by atoms with Crippen LogP contribution in [-0.4, -0.2) is 14.2 Å². The number of benzene rings is 1. The van der Waals surface area contributed by atoms with E-state index in [1.54, 1.807) is 26.5 Å². The topological polar surface area (TPSA) is 31.6 Å². The lowest BCUT2D eigenvalue weighted by molar-refractivity contribution is 0.392. The molecule has 0 saturated carbocycles. The van der Waals surface area contributed by atoms with Gasteiger partial charge in [-0.25, -0.2) is 0 Å². The summed E-state index contributed by atoms with van der Waals surface area (Å²) < 4.78 is 15.5. The van der Waals surface area contributed by atoms with Crippen LogP contribution in [0.3, 0.4) is 0 Å². The molecule has 3 nitrogen and oxygen atoms in total. The van der Waals surface area contributed by atoms with Crippen LogP contribution in [0.5, 0.6) is 11.5 Å². The third kappa shape index (κ3) is 1.22.